The van der Waals surface area contributed by atoms with E-state index in [1.807, 2.05) is 47.3 Å². The van der Waals surface area contributed by atoms with E-state index in [-0.39, 0.29) is 5.78 Å². The summed E-state index contributed by atoms with van der Waals surface area (Å²) in [6.45, 7) is 2.64. The maximum absolute atomic E-state index is 15.4. The number of carbonyl (C=O) groups excluding carboxylic acids is 1. The first kappa shape index (κ1) is 60.0. The van der Waals surface area contributed by atoms with Gasteiger partial charge in [0.1, 0.15) is 52.7 Å². The van der Waals surface area contributed by atoms with Gasteiger partial charge in [0, 0.05) is 17.7 Å². The lowest BCUT2D eigenvalue weighted by Gasteiger charge is -2.44. The molecular formula is C55H40BF20NO. The number of rotatable bonds is 19. The lowest BCUT2D eigenvalue weighted by molar-refractivity contribution is -0.683. The number of aryl methyl sites for hydroxylation is 1. The number of benzene rings is 6. The van der Waals surface area contributed by atoms with Crippen molar-refractivity contribution in [1.82, 2.24) is 0 Å². The zero-order valence-corrected chi connectivity index (χ0v) is 40.5. The largest absolute Gasteiger partial charge is 0.287 e. The number of unbranched alkanes of at least 4 members (excludes halogenated alkanes) is 9. The van der Waals surface area contributed by atoms with Crippen molar-refractivity contribution >= 4 is 33.8 Å². The Bertz CT molecular complexity index is 2940. The lowest BCUT2D eigenvalue weighted by atomic mass is 9.12. The van der Waals surface area contributed by atoms with Gasteiger partial charge in [0.05, 0.1) is 0 Å². The van der Waals surface area contributed by atoms with Crippen LogP contribution in [0.5, 0.6) is 0 Å². The van der Waals surface area contributed by atoms with Gasteiger partial charge in [0.2, 0.25) is 12.3 Å². The van der Waals surface area contributed by atoms with Crippen LogP contribution < -0.4 is 26.4 Å². The summed E-state index contributed by atoms with van der Waals surface area (Å²) in [5, 5.41) is 0. The van der Waals surface area contributed by atoms with E-state index in [0.717, 1.165) is 5.56 Å². The fourth-order valence-electron chi connectivity index (χ4n) is 9.19. The van der Waals surface area contributed by atoms with Gasteiger partial charge in [-0.2, -0.15) is 4.57 Å². The lowest BCUT2D eigenvalue weighted by Crippen LogP contribution is -2.81. The molecule has 0 unspecified atom stereocenters. The standard InChI is InChI=1S/C31H40NO.C24BF20/c1-2-3-4-5-6-7-8-9-10-12-15-27-18-20-28(21-19-27)29-22-24-32(25-23-29)26-31(33)30-16-13-11-14-17-30;26-5-1(6(27)14(35)21(42)13(5)34)25(2-7(28)15(36)22(43)16(37)8(2)29,3-9(30)17(38)23(44)18(39)10(3)31)4-11(32)19(40)24(45)20(41)12(4)33/h11,13-14,16-25H,2-10,12,15,26H2,1H3;/q+1;-1. The highest BCUT2D eigenvalue weighted by Crippen LogP contribution is 2.31. The molecule has 78 heavy (non-hydrogen) atoms. The quantitative estimate of drug-likeness (QED) is 0.0150. The molecule has 0 fully saturated rings. The molecule has 7 rings (SSSR count). The van der Waals surface area contributed by atoms with Gasteiger partial charge >= 0.3 is 0 Å². The van der Waals surface area contributed by atoms with Crippen molar-refractivity contribution in [3.63, 3.8) is 0 Å². The van der Waals surface area contributed by atoms with Crippen LogP contribution in [0, 0.1) is 116 Å². The molecule has 23 heteroatoms. The highest BCUT2D eigenvalue weighted by atomic mass is 19.2. The first-order chi connectivity index (χ1) is 37.0. The van der Waals surface area contributed by atoms with Gasteiger partial charge in [-0.25, -0.2) is 87.8 Å². The third-order valence-electron chi connectivity index (χ3n) is 13.1. The maximum Gasteiger partial charge on any atom is 0.227 e. The van der Waals surface area contributed by atoms with E-state index >= 15 is 35.1 Å². The van der Waals surface area contributed by atoms with Gasteiger partial charge in [-0.1, -0.05) is 119 Å². The van der Waals surface area contributed by atoms with Crippen molar-refractivity contribution < 1.29 is 97.2 Å². The van der Waals surface area contributed by atoms with Crippen molar-refractivity contribution in [2.75, 3.05) is 0 Å². The predicted molar refractivity (Wildman–Crippen MR) is 248 cm³/mol. The number of ketones is 1. The van der Waals surface area contributed by atoms with E-state index in [1.165, 1.54) is 87.3 Å². The summed E-state index contributed by atoms with van der Waals surface area (Å²) in [7, 11) is 0. The molecular weight excluding hydrogens is 1080 g/mol. The smallest absolute Gasteiger partial charge is 0.227 e. The van der Waals surface area contributed by atoms with E-state index in [2.05, 4.69) is 43.3 Å². The van der Waals surface area contributed by atoms with Crippen LogP contribution in [0.15, 0.2) is 79.1 Å². The Hall–Kier alpha value is -7.20. The molecule has 0 saturated carbocycles. The number of nitrogens with zero attached hydrogens (tertiary/aromatic N) is 1. The zero-order valence-electron chi connectivity index (χ0n) is 40.5. The molecule has 0 radical (unpaired) electrons. The second kappa shape index (κ2) is 25.5. The molecule has 0 atom stereocenters. The van der Waals surface area contributed by atoms with Gasteiger partial charge < -0.3 is 0 Å². The Morgan fingerprint density at radius 3 is 0.949 bits per heavy atom. The van der Waals surface area contributed by atoms with Crippen molar-refractivity contribution in [2.24, 2.45) is 0 Å². The molecule has 2 nitrogen and oxygen atoms in total. The number of hydrogen-bond donors (Lipinski definition) is 0. The number of pyridine rings is 1. The van der Waals surface area contributed by atoms with E-state index in [4.69, 9.17) is 0 Å². The Morgan fingerprint density at radius 2 is 0.628 bits per heavy atom. The van der Waals surface area contributed by atoms with Gasteiger partial charge in [-0.15, -0.1) is 21.9 Å². The first-order valence-electron chi connectivity index (χ1n) is 23.9. The molecule has 0 aliphatic rings. The molecule has 1 heterocycles. The number of Topliss-reactive ketones (excluding diaryl/α,β-unsaturated/α-hetero) is 1. The van der Waals surface area contributed by atoms with Crippen LogP contribution in [0.4, 0.5) is 87.8 Å². The summed E-state index contributed by atoms with van der Waals surface area (Å²) < 4.78 is 296. The summed E-state index contributed by atoms with van der Waals surface area (Å²) in [4.78, 5) is 12.4. The SMILES string of the molecule is CCCCCCCCCCCCc1ccc(-c2cc[n+](CC(=O)c3ccccc3)cc2)cc1.Fc1c(F)c(F)c([B-](c2c(F)c(F)c(F)c(F)c2F)(c2c(F)c(F)c(F)c(F)c2F)c2c(F)c(F)c(F)c(F)c2F)c(F)c1F. The van der Waals surface area contributed by atoms with Crippen LogP contribution in [0.2, 0.25) is 0 Å². The molecule has 0 bridgehead atoms. The highest BCUT2D eigenvalue weighted by molar-refractivity contribution is 7.20. The molecule has 0 aliphatic heterocycles. The van der Waals surface area contributed by atoms with E-state index < -0.39 is 144 Å². The minimum absolute atomic E-state index is 0.129. The fraction of sp³-hybridized carbons (Fsp3) is 0.236. The molecule has 0 spiro atoms. The maximum atomic E-state index is 15.4. The number of hydrogen-bond acceptors (Lipinski definition) is 1. The first-order valence-corrected chi connectivity index (χ1v) is 23.9. The Kier molecular flexibility index (Phi) is 19.6. The summed E-state index contributed by atoms with van der Waals surface area (Å²) in [6, 6.07) is 22.6. The third-order valence-corrected chi connectivity index (χ3v) is 13.1. The summed E-state index contributed by atoms with van der Waals surface area (Å²) in [5.41, 5.74) is -9.74. The van der Waals surface area contributed by atoms with E-state index in [9.17, 15) is 57.5 Å². The summed E-state index contributed by atoms with van der Waals surface area (Å²) in [6.07, 6.45) is 11.8. The number of aromatic nitrogens is 1. The van der Waals surface area contributed by atoms with E-state index in [0.29, 0.717) is 6.54 Å². The topological polar surface area (TPSA) is 20.9 Å². The minimum Gasteiger partial charge on any atom is -0.287 e. The van der Waals surface area contributed by atoms with Crippen molar-refractivity contribution in [3.05, 3.63) is 207 Å². The fourth-order valence-corrected chi connectivity index (χ4v) is 9.19. The zero-order chi connectivity index (χ0) is 57.5. The monoisotopic (exact) mass is 1120 g/mol. The van der Waals surface area contributed by atoms with Crippen molar-refractivity contribution in [2.45, 2.75) is 84.1 Å². The van der Waals surface area contributed by atoms with Gasteiger partial charge in [0.15, 0.2) is 82.2 Å². The number of carbonyl (C=O) groups is 1. The molecule has 414 valence electrons. The average molecular weight is 1120 g/mol. The predicted octanol–water partition coefficient (Wildman–Crippen LogP) is 13.8. The van der Waals surface area contributed by atoms with Crippen LogP contribution in [0.1, 0.15) is 87.1 Å². The van der Waals surface area contributed by atoms with Gasteiger partial charge in [-0.3, -0.25) is 4.79 Å². The van der Waals surface area contributed by atoms with Crippen LogP contribution in [0.25, 0.3) is 11.1 Å². The Balaban J connectivity index is 0.000000265. The second-order valence-corrected chi connectivity index (χ2v) is 18.0. The second-order valence-electron chi connectivity index (χ2n) is 18.0. The average Bonchev–Trinajstić information content (AvgIpc) is 3.21. The van der Waals surface area contributed by atoms with Crippen molar-refractivity contribution in [3.8, 4) is 11.1 Å². The molecule has 0 amide bonds. The molecule has 0 N–H and O–H groups in total. The normalized spacial score (nSPS) is 11.6. The minimum atomic E-state index is -7.22. The van der Waals surface area contributed by atoms with Crippen LogP contribution in [-0.2, 0) is 13.0 Å². The van der Waals surface area contributed by atoms with Crippen LogP contribution in [-0.4, -0.2) is 11.9 Å². The molecule has 6 aromatic carbocycles. The van der Waals surface area contributed by atoms with Crippen LogP contribution >= 0.6 is 0 Å². The third kappa shape index (κ3) is 11.6. The summed E-state index contributed by atoms with van der Waals surface area (Å²) >= 11 is 0. The Morgan fingerprint density at radius 1 is 0.346 bits per heavy atom. The molecule has 1 aromatic heterocycles. The van der Waals surface area contributed by atoms with Crippen molar-refractivity contribution in [1.29, 1.82) is 0 Å². The molecule has 7 aromatic rings. The van der Waals surface area contributed by atoms with Gasteiger partial charge in [0.25, 0.3) is 0 Å². The highest BCUT2D eigenvalue weighted by Gasteiger charge is 2.52. The van der Waals surface area contributed by atoms with E-state index in [1.54, 1.807) is 0 Å². The van der Waals surface area contributed by atoms with Gasteiger partial charge in [-0.05, 0) is 29.5 Å². The van der Waals surface area contributed by atoms with Crippen LogP contribution in [0.3, 0.4) is 0 Å². The molecule has 0 aliphatic carbocycles. The molecule has 0 saturated heterocycles. The Labute approximate surface area is 431 Å². The number of halogens is 20. The summed E-state index contributed by atoms with van der Waals surface area (Å²) in [5.74, 6) is -71.3.